The van der Waals surface area contributed by atoms with Gasteiger partial charge in [0.2, 0.25) is 5.91 Å². The van der Waals surface area contributed by atoms with Crippen LogP contribution in [0.1, 0.15) is 60.1 Å². The molecule has 0 aliphatic carbocycles. The van der Waals surface area contributed by atoms with E-state index in [0.29, 0.717) is 31.1 Å². The maximum Gasteiger partial charge on any atom is 0.253 e. The minimum absolute atomic E-state index is 0. The molecule has 1 saturated heterocycles. The average molecular weight is 467 g/mol. The van der Waals surface area contributed by atoms with Crippen molar-refractivity contribution in [3.05, 3.63) is 65.5 Å². The van der Waals surface area contributed by atoms with Crippen LogP contribution in [-0.2, 0) is 4.79 Å². The summed E-state index contributed by atoms with van der Waals surface area (Å²) in [4.78, 5) is 31.0. The van der Waals surface area contributed by atoms with Crippen molar-refractivity contribution in [2.45, 2.75) is 38.6 Å². The van der Waals surface area contributed by atoms with Crippen molar-refractivity contribution < 1.29 is 9.59 Å². The lowest BCUT2D eigenvalue weighted by atomic mass is 9.96. The summed E-state index contributed by atoms with van der Waals surface area (Å²) in [5, 5.41) is 2.98. The monoisotopic (exact) mass is 466 g/mol. The number of amides is 2. The number of halogens is 2. The first-order valence-electron chi connectivity index (χ1n) is 10.3. The zero-order valence-electron chi connectivity index (χ0n) is 18.0. The molecule has 1 aliphatic rings. The van der Waals surface area contributed by atoms with Crippen molar-refractivity contribution in [1.29, 1.82) is 0 Å². The molecule has 0 radical (unpaired) electrons. The van der Waals surface area contributed by atoms with Crippen molar-refractivity contribution >= 4 is 36.6 Å². The summed E-state index contributed by atoms with van der Waals surface area (Å²) >= 11 is 0. The standard InChI is InChI=1S/C23H30N4O2.2ClH/c1-16(2)17-5-7-18(8-6-17)21(24)14-26-22(28)20-4-3-13-27(15-20)23(29)19-9-11-25-12-10-19;;/h5-12,16,20-21H,3-4,13-15,24H2,1-2H3,(H,26,28);2*1H. The molecule has 1 fully saturated rings. The molecule has 0 bridgehead atoms. The summed E-state index contributed by atoms with van der Waals surface area (Å²) in [7, 11) is 0. The van der Waals surface area contributed by atoms with Gasteiger partial charge in [0.1, 0.15) is 0 Å². The van der Waals surface area contributed by atoms with E-state index in [1.54, 1.807) is 29.4 Å². The molecular weight excluding hydrogens is 435 g/mol. The van der Waals surface area contributed by atoms with E-state index in [0.717, 1.165) is 18.4 Å². The van der Waals surface area contributed by atoms with E-state index in [2.05, 4.69) is 36.3 Å². The highest BCUT2D eigenvalue weighted by atomic mass is 35.5. The van der Waals surface area contributed by atoms with Gasteiger partial charge in [-0.2, -0.15) is 0 Å². The van der Waals surface area contributed by atoms with Crippen molar-refractivity contribution in [2.24, 2.45) is 11.7 Å². The maximum atomic E-state index is 12.7. The van der Waals surface area contributed by atoms with Crippen LogP contribution >= 0.6 is 24.8 Å². The van der Waals surface area contributed by atoms with Crippen LogP contribution in [0, 0.1) is 5.92 Å². The molecule has 170 valence electrons. The van der Waals surface area contributed by atoms with Crippen LogP contribution in [0.4, 0.5) is 0 Å². The second kappa shape index (κ2) is 12.6. The van der Waals surface area contributed by atoms with Crippen LogP contribution in [0.3, 0.4) is 0 Å². The SMILES string of the molecule is CC(C)c1ccc(C(N)CNC(=O)C2CCCN(C(=O)c3ccncc3)C2)cc1.Cl.Cl. The van der Waals surface area contributed by atoms with E-state index in [4.69, 9.17) is 5.73 Å². The maximum absolute atomic E-state index is 12.7. The van der Waals surface area contributed by atoms with Gasteiger partial charge in [0, 0.05) is 43.6 Å². The lowest BCUT2D eigenvalue weighted by Gasteiger charge is -2.32. The van der Waals surface area contributed by atoms with Gasteiger partial charge >= 0.3 is 0 Å². The Balaban J connectivity index is 0.00000240. The average Bonchev–Trinajstić information content (AvgIpc) is 2.77. The van der Waals surface area contributed by atoms with Crippen LogP contribution in [0.2, 0.25) is 0 Å². The van der Waals surface area contributed by atoms with E-state index in [-0.39, 0.29) is 48.6 Å². The predicted octanol–water partition coefficient (Wildman–Crippen LogP) is 3.72. The van der Waals surface area contributed by atoms with Crippen molar-refractivity contribution in [1.82, 2.24) is 15.2 Å². The first-order chi connectivity index (χ1) is 14.0. The molecule has 2 heterocycles. The Morgan fingerprint density at radius 1 is 1.10 bits per heavy atom. The van der Waals surface area contributed by atoms with Gasteiger partial charge in [0.25, 0.3) is 5.91 Å². The number of nitrogens with zero attached hydrogens (tertiary/aromatic N) is 2. The number of likely N-dealkylation sites (tertiary alicyclic amines) is 1. The highest BCUT2D eigenvalue weighted by molar-refractivity contribution is 5.94. The van der Waals surface area contributed by atoms with Gasteiger partial charge in [-0.05, 0) is 42.0 Å². The molecule has 1 aromatic carbocycles. The van der Waals surface area contributed by atoms with Crippen molar-refractivity contribution in [3.8, 4) is 0 Å². The van der Waals surface area contributed by atoms with E-state index < -0.39 is 0 Å². The van der Waals surface area contributed by atoms with Gasteiger partial charge in [-0.3, -0.25) is 14.6 Å². The zero-order chi connectivity index (χ0) is 20.8. The van der Waals surface area contributed by atoms with Crippen LogP contribution in [0.15, 0.2) is 48.8 Å². The minimum atomic E-state index is -0.252. The Morgan fingerprint density at radius 2 is 1.71 bits per heavy atom. The largest absolute Gasteiger partial charge is 0.354 e. The topological polar surface area (TPSA) is 88.3 Å². The number of hydrogen-bond acceptors (Lipinski definition) is 4. The molecule has 31 heavy (non-hydrogen) atoms. The number of rotatable bonds is 6. The highest BCUT2D eigenvalue weighted by Crippen LogP contribution is 2.20. The highest BCUT2D eigenvalue weighted by Gasteiger charge is 2.29. The van der Waals surface area contributed by atoms with Crippen LogP contribution in [0.5, 0.6) is 0 Å². The first kappa shape index (κ1) is 26.9. The summed E-state index contributed by atoms with van der Waals surface area (Å²) < 4.78 is 0. The first-order valence-corrected chi connectivity index (χ1v) is 10.3. The van der Waals surface area contributed by atoms with E-state index >= 15 is 0 Å². The quantitative estimate of drug-likeness (QED) is 0.678. The smallest absolute Gasteiger partial charge is 0.253 e. The second-order valence-electron chi connectivity index (χ2n) is 8.00. The van der Waals surface area contributed by atoms with Crippen LogP contribution in [0.25, 0.3) is 0 Å². The number of hydrogen-bond donors (Lipinski definition) is 2. The number of aromatic nitrogens is 1. The molecule has 6 nitrogen and oxygen atoms in total. The number of benzene rings is 1. The Hall–Kier alpha value is -2.15. The normalized spacial score (nSPS) is 16.6. The van der Waals surface area contributed by atoms with Gasteiger partial charge in [-0.1, -0.05) is 38.1 Å². The number of carbonyl (C=O) groups excluding carboxylic acids is 2. The van der Waals surface area contributed by atoms with Gasteiger partial charge < -0.3 is 16.0 Å². The molecule has 2 amide bonds. The fourth-order valence-corrected chi connectivity index (χ4v) is 3.65. The zero-order valence-corrected chi connectivity index (χ0v) is 19.6. The Kier molecular flexibility index (Phi) is 11.0. The van der Waals surface area contributed by atoms with Crippen LogP contribution in [-0.4, -0.2) is 41.3 Å². The van der Waals surface area contributed by atoms with Gasteiger partial charge in [0.15, 0.2) is 0 Å². The molecule has 0 saturated carbocycles. The molecular formula is C23H32Cl2N4O2. The van der Waals surface area contributed by atoms with E-state index in [1.807, 2.05) is 12.1 Å². The van der Waals surface area contributed by atoms with E-state index in [1.165, 1.54) is 5.56 Å². The summed E-state index contributed by atoms with van der Waals surface area (Å²) in [6, 6.07) is 11.4. The van der Waals surface area contributed by atoms with Gasteiger partial charge in [-0.15, -0.1) is 24.8 Å². The fraction of sp³-hybridized carbons (Fsp3) is 0.435. The third kappa shape index (κ3) is 7.20. The number of nitrogens with two attached hydrogens (primary N) is 1. The minimum Gasteiger partial charge on any atom is -0.354 e. The van der Waals surface area contributed by atoms with Gasteiger partial charge in [0.05, 0.1) is 5.92 Å². The number of nitrogens with one attached hydrogen (secondary N) is 1. The van der Waals surface area contributed by atoms with Crippen molar-refractivity contribution in [2.75, 3.05) is 19.6 Å². The summed E-state index contributed by atoms with van der Waals surface area (Å²) in [6.45, 7) is 5.80. The number of pyridine rings is 1. The number of piperidine rings is 1. The lowest BCUT2D eigenvalue weighted by molar-refractivity contribution is -0.126. The van der Waals surface area contributed by atoms with Crippen molar-refractivity contribution in [3.63, 3.8) is 0 Å². The third-order valence-electron chi connectivity index (χ3n) is 5.53. The molecule has 2 atom stereocenters. The molecule has 2 unspecified atom stereocenters. The molecule has 3 N–H and O–H groups in total. The fourth-order valence-electron chi connectivity index (χ4n) is 3.65. The third-order valence-corrected chi connectivity index (χ3v) is 5.53. The summed E-state index contributed by atoms with van der Waals surface area (Å²) in [5.41, 5.74) is 9.15. The Bertz CT molecular complexity index is 831. The predicted molar refractivity (Wildman–Crippen MR) is 128 cm³/mol. The van der Waals surface area contributed by atoms with E-state index in [9.17, 15) is 9.59 Å². The molecule has 0 spiro atoms. The second-order valence-corrected chi connectivity index (χ2v) is 8.00. The summed E-state index contributed by atoms with van der Waals surface area (Å²) in [5.74, 6) is 0.187. The Morgan fingerprint density at radius 3 is 2.32 bits per heavy atom. The molecule has 1 aliphatic heterocycles. The van der Waals surface area contributed by atoms with Gasteiger partial charge in [-0.25, -0.2) is 0 Å². The molecule has 8 heteroatoms. The molecule has 3 rings (SSSR count). The Labute approximate surface area is 196 Å². The molecule has 1 aromatic heterocycles. The lowest BCUT2D eigenvalue weighted by Crippen LogP contribution is -2.46. The number of carbonyl (C=O) groups is 2. The molecule has 2 aromatic rings. The summed E-state index contributed by atoms with van der Waals surface area (Å²) in [6.07, 6.45) is 4.81. The van der Waals surface area contributed by atoms with Crippen LogP contribution < -0.4 is 11.1 Å².